The van der Waals surface area contributed by atoms with Gasteiger partial charge in [-0.1, -0.05) is 12.1 Å². The van der Waals surface area contributed by atoms with E-state index in [1.54, 1.807) is 10.7 Å². The van der Waals surface area contributed by atoms with Gasteiger partial charge in [-0.05, 0) is 43.9 Å². The van der Waals surface area contributed by atoms with Crippen LogP contribution in [0.1, 0.15) is 23.4 Å². The van der Waals surface area contributed by atoms with Crippen molar-refractivity contribution < 1.29 is 0 Å². The van der Waals surface area contributed by atoms with Gasteiger partial charge in [-0.15, -0.1) is 0 Å². The Morgan fingerprint density at radius 1 is 0.966 bits per heavy atom. The molecule has 150 valence electrons. The molecular formula is C22H26N6O. The second-order valence-electron chi connectivity index (χ2n) is 7.98. The number of benzene rings is 1. The van der Waals surface area contributed by atoms with Crippen LogP contribution in [0.5, 0.6) is 0 Å². The largest absolute Gasteiger partial charge is 0.353 e. The van der Waals surface area contributed by atoms with Gasteiger partial charge in [0.2, 0.25) is 0 Å². The first kappa shape index (κ1) is 18.2. The standard InChI is InChI=1S/C22H26N6O/c1-16-22(24-20-7-3-2-6-19(20)23-16)27-12-9-26(10-13-27)11-14-28-21(29)15-17-5-4-8-18(17)25-28/h2-3,6-7,15H,4-5,8-14H2,1H3. The maximum absolute atomic E-state index is 12.3. The third kappa shape index (κ3) is 3.62. The fraction of sp³-hybridized carbons (Fsp3) is 0.455. The van der Waals surface area contributed by atoms with Crippen molar-refractivity contribution in [1.29, 1.82) is 0 Å². The molecule has 0 saturated carbocycles. The van der Waals surface area contributed by atoms with Crippen LogP contribution < -0.4 is 10.5 Å². The van der Waals surface area contributed by atoms with Crippen molar-refractivity contribution in [3.05, 3.63) is 57.6 Å². The molecule has 3 aromatic rings. The van der Waals surface area contributed by atoms with Gasteiger partial charge in [-0.3, -0.25) is 9.69 Å². The first-order valence-electron chi connectivity index (χ1n) is 10.5. The summed E-state index contributed by atoms with van der Waals surface area (Å²) in [5.74, 6) is 0.986. The molecule has 2 aliphatic rings. The summed E-state index contributed by atoms with van der Waals surface area (Å²) in [6.07, 6.45) is 3.11. The fourth-order valence-electron chi connectivity index (χ4n) is 4.40. The zero-order valence-corrected chi connectivity index (χ0v) is 16.8. The first-order valence-corrected chi connectivity index (χ1v) is 10.5. The van der Waals surface area contributed by atoms with E-state index in [9.17, 15) is 4.79 Å². The molecule has 1 saturated heterocycles. The Kier molecular flexibility index (Phi) is 4.75. The zero-order chi connectivity index (χ0) is 19.8. The van der Waals surface area contributed by atoms with E-state index in [1.807, 2.05) is 31.2 Å². The highest BCUT2D eigenvalue weighted by molar-refractivity contribution is 5.76. The lowest BCUT2D eigenvalue weighted by Gasteiger charge is -2.35. The minimum absolute atomic E-state index is 0.0337. The Morgan fingerprint density at radius 3 is 2.52 bits per heavy atom. The van der Waals surface area contributed by atoms with Crippen LogP contribution in [0.2, 0.25) is 0 Å². The Balaban J connectivity index is 1.22. The molecular weight excluding hydrogens is 364 g/mol. The van der Waals surface area contributed by atoms with Crippen LogP contribution in [0.15, 0.2) is 35.1 Å². The monoisotopic (exact) mass is 390 g/mol. The van der Waals surface area contributed by atoms with E-state index in [2.05, 4.69) is 14.9 Å². The fourth-order valence-corrected chi connectivity index (χ4v) is 4.40. The van der Waals surface area contributed by atoms with Crippen molar-refractivity contribution in [2.24, 2.45) is 0 Å². The Morgan fingerprint density at radius 2 is 1.72 bits per heavy atom. The SMILES string of the molecule is Cc1nc2ccccc2nc1N1CCN(CCn2nc3c(cc2=O)CCC3)CC1. The predicted molar refractivity (Wildman–Crippen MR) is 113 cm³/mol. The van der Waals surface area contributed by atoms with Gasteiger partial charge >= 0.3 is 0 Å². The summed E-state index contributed by atoms with van der Waals surface area (Å²) in [6.45, 7) is 7.28. The Labute approximate surface area is 170 Å². The normalized spacial score (nSPS) is 17.1. The number of piperazine rings is 1. The van der Waals surface area contributed by atoms with E-state index in [1.165, 1.54) is 0 Å². The van der Waals surface area contributed by atoms with Crippen LogP contribution in [0.4, 0.5) is 5.82 Å². The molecule has 5 rings (SSSR count). The van der Waals surface area contributed by atoms with Crippen molar-refractivity contribution >= 4 is 16.9 Å². The van der Waals surface area contributed by atoms with E-state index < -0.39 is 0 Å². The summed E-state index contributed by atoms with van der Waals surface area (Å²) in [4.78, 5) is 26.6. The number of fused-ring (bicyclic) bond motifs is 2. The minimum Gasteiger partial charge on any atom is -0.353 e. The number of hydrogen-bond acceptors (Lipinski definition) is 6. The van der Waals surface area contributed by atoms with Gasteiger partial charge in [0.15, 0.2) is 5.82 Å². The van der Waals surface area contributed by atoms with Gasteiger partial charge in [0.05, 0.1) is 29.0 Å². The molecule has 3 heterocycles. The van der Waals surface area contributed by atoms with Crippen molar-refractivity contribution in [2.45, 2.75) is 32.7 Å². The quantitative estimate of drug-likeness (QED) is 0.677. The van der Waals surface area contributed by atoms with Crippen LogP contribution in [0.3, 0.4) is 0 Å². The van der Waals surface area contributed by atoms with Gasteiger partial charge < -0.3 is 4.90 Å². The maximum atomic E-state index is 12.3. The molecule has 1 aromatic carbocycles. The third-order valence-electron chi connectivity index (χ3n) is 6.04. The van der Waals surface area contributed by atoms with Crippen LogP contribution in [-0.2, 0) is 19.4 Å². The number of hydrogen-bond donors (Lipinski definition) is 0. The van der Waals surface area contributed by atoms with Gasteiger partial charge in [0.25, 0.3) is 5.56 Å². The average molecular weight is 390 g/mol. The molecule has 7 nitrogen and oxygen atoms in total. The number of nitrogens with zero attached hydrogens (tertiary/aromatic N) is 6. The molecule has 0 radical (unpaired) electrons. The smallest absolute Gasteiger partial charge is 0.267 e. The molecule has 1 aliphatic heterocycles. The van der Waals surface area contributed by atoms with E-state index >= 15 is 0 Å². The molecule has 1 aliphatic carbocycles. The number of anilines is 1. The van der Waals surface area contributed by atoms with Crippen LogP contribution in [-0.4, -0.2) is 57.4 Å². The number of aromatic nitrogens is 4. The molecule has 0 unspecified atom stereocenters. The lowest BCUT2D eigenvalue weighted by atomic mass is 10.2. The zero-order valence-electron chi connectivity index (χ0n) is 16.8. The molecule has 0 atom stereocenters. The minimum atomic E-state index is 0.0337. The van der Waals surface area contributed by atoms with Gasteiger partial charge in [0.1, 0.15) is 0 Å². The van der Waals surface area contributed by atoms with Gasteiger partial charge in [-0.2, -0.15) is 5.10 Å². The summed E-state index contributed by atoms with van der Waals surface area (Å²) < 4.78 is 1.65. The van der Waals surface area contributed by atoms with E-state index in [-0.39, 0.29) is 5.56 Å². The summed E-state index contributed by atoms with van der Waals surface area (Å²) in [6, 6.07) is 9.81. The average Bonchev–Trinajstić information content (AvgIpc) is 3.19. The summed E-state index contributed by atoms with van der Waals surface area (Å²) in [5.41, 5.74) is 5.15. The molecule has 0 bridgehead atoms. The highest BCUT2D eigenvalue weighted by Gasteiger charge is 2.21. The van der Waals surface area contributed by atoms with Gasteiger partial charge in [0, 0.05) is 38.8 Å². The third-order valence-corrected chi connectivity index (χ3v) is 6.04. The van der Waals surface area contributed by atoms with E-state index in [4.69, 9.17) is 9.97 Å². The molecule has 0 N–H and O–H groups in total. The lowest BCUT2D eigenvalue weighted by molar-refractivity contribution is 0.242. The van der Waals surface area contributed by atoms with Crippen molar-refractivity contribution in [3.8, 4) is 0 Å². The van der Waals surface area contributed by atoms with Crippen molar-refractivity contribution in [2.75, 3.05) is 37.6 Å². The Bertz CT molecular complexity index is 1100. The summed E-state index contributed by atoms with van der Waals surface area (Å²) in [7, 11) is 0. The Hall–Kier alpha value is -2.80. The number of aryl methyl sites for hydroxylation is 3. The highest BCUT2D eigenvalue weighted by atomic mass is 16.1. The molecule has 29 heavy (non-hydrogen) atoms. The van der Waals surface area contributed by atoms with Crippen LogP contribution in [0, 0.1) is 6.92 Å². The second-order valence-corrected chi connectivity index (χ2v) is 7.98. The molecule has 2 aromatic heterocycles. The molecule has 1 fully saturated rings. The number of para-hydroxylation sites is 2. The van der Waals surface area contributed by atoms with Crippen LogP contribution in [0.25, 0.3) is 11.0 Å². The van der Waals surface area contributed by atoms with E-state index in [0.717, 1.165) is 85.8 Å². The number of rotatable bonds is 4. The molecule has 0 spiro atoms. The van der Waals surface area contributed by atoms with Gasteiger partial charge in [-0.25, -0.2) is 14.6 Å². The topological polar surface area (TPSA) is 67.2 Å². The highest BCUT2D eigenvalue weighted by Crippen LogP contribution is 2.21. The van der Waals surface area contributed by atoms with Crippen LogP contribution >= 0.6 is 0 Å². The van der Waals surface area contributed by atoms with Crippen molar-refractivity contribution in [1.82, 2.24) is 24.6 Å². The van der Waals surface area contributed by atoms with Crippen molar-refractivity contribution in [3.63, 3.8) is 0 Å². The lowest BCUT2D eigenvalue weighted by Crippen LogP contribution is -2.48. The summed E-state index contributed by atoms with van der Waals surface area (Å²) >= 11 is 0. The first-order chi connectivity index (χ1) is 14.2. The molecule has 7 heteroatoms. The summed E-state index contributed by atoms with van der Waals surface area (Å²) in [5, 5.41) is 4.59. The molecule has 0 amide bonds. The second kappa shape index (κ2) is 7.55. The maximum Gasteiger partial charge on any atom is 0.267 e. The predicted octanol–water partition coefficient (Wildman–Crippen LogP) is 1.81. The van der Waals surface area contributed by atoms with E-state index in [0.29, 0.717) is 6.54 Å².